The Labute approximate surface area is 96.7 Å². The molecule has 82 valence electrons. The van der Waals surface area contributed by atoms with E-state index in [2.05, 4.69) is 15.3 Å². The fourth-order valence-corrected chi connectivity index (χ4v) is 3.91. The standard InChI is InChI=1S/C9H12FN3S2/c10-8-3-9(13-6-12-8)11-4-7-5-14-1-2-15-7/h3,6-7H,1-2,4-5H2,(H,11,12,13). The van der Waals surface area contributed by atoms with Crippen LogP contribution in [0, 0.1) is 5.95 Å². The van der Waals surface area contributed by atoms with E-state index in [4.69, 9.17) is 0 Å². The maximum absolute atomic E-state index is 12.7. The SMILES string of the molecule is Fc1cc(NCC2CSCCS2)ncn1. The number of thioether (sulfide) groups is 2. The molecule has 1 unspecified atom stereocenters. The zero-order valence-corrected chi connectivity index (χ0v) is 9.78. The number of hydrogen-bond acceptors (Lipinski definition) is 5. The monoisotopic (exact) mass is 245 g/mol. The van der Waals surface area contributed by atoms with Gasteiger partial charge in [-0.05, 0) is 0 Å². The van der Waals surface area contributed by atoms with Gasteiger partial charge >= 0.3 is 0 Å². The second kappa shape index (κ2) is 5.55. The number of aromatic nitrogens is 2. The highest BCUT2D eigenvalue weighted by Crippen LogP contribution is 2.23. The summed E-state index contributed by atoms with van der Waals surface area (Å²) in [5, 5.41) is 3.73. The predicted octanol–water partition coefficient (Wildman–Crippen LogP) is 1.88. The minimum absolute atomic E-state index is 0.488. The highest BCUT2D eigenvalue weighted by molar-refractivity contribution is 8.06. The first-order valence-electron chi connectivity index (χ1n) is 4.75. The first-order chi connectivity index (χ1) is 7.34. The molecular weight excluding hydrogens is 233 g/mol. The zero-order valence-electron chi connectivity index (χ0n) is 8.15. The van der Waals surface area contributed by atoms with Gasteiger partial charge < -0.3 is 5.32 Å². The molecule has 1 N–H and O–H groups in total. The maximum Gasteiger partial charge on any atom is 0.217 e. The molecular formula is C9H12FN3S2. The van der Waals surface area contributed by atoms with Crippen LogP contribution in [-0.2, 0) is 0 Å². The molecule has 2 heterocycles. The van der Waals surface area contributed by atoms with E-state index in [-0.39, 0.29) is 0 Å². The highest BCUT2D eigenvalue weighted by Gasteiger charge is 2.13. The smallest absolute Gasteiger partial charge is 0.217 e. The molecule has 6 heteroatoms. The first-order valence-corrected chi connectivity index (χ1v) is 6.96. The van der Waals surface area contributed by atoms with Crippen LogP contribution in [0.2, 0.25) is 0 Å². The summed E-state index contributed by atoms with van der Waals surface area (Å²) in [6.45, 7) is 0.841. The van der Waals surface area contributed by atoms with Crippen molar-refractivity contribution in [3.8, 4) is 0 Å². The van der Waals surface area contributed by atoms with Gasteiger partial charge in [-0.25, -0.2) is 9.97 Å². The molecule has 2 rings (SSSR count). The molecule has 3 nitrogen and oxygen atoms in total. The van der Waals surface area contributed by atoms with E-state index in [0.717, 1.165) is 12.3 Å². The molecule has 1 aromatic rings. The first kappa shape index (κ1) is 11.0. The number of hydrogen-bond donors (Lipinski definition) is 1. The van der Waals surface area contributed by atoms with Gasteiger partial charge in [0.2, 0.25) is 5.95 Å². The molecule has 1 fully saturated rings. The Morgan fingerprint density at radius 1 is 1.47 bits per heavy atom. The lowest BCUT2D eigenvalue weighted by atomic mass is 10.4. The van der Waals surface area contributed by atoms with Crippen LogP contribution in [0.15, 0.2) is 12.4 Å². The fourth-order valence-electron chi connectivity index (χ4n) is 1.30. The lowest BCUT2D eigenvalue weighted by molar-refractivity contribution is 0.580. The summed E-state index contributed by atoms with van der Waals surface area (Å²) in [7, 11) is 0. The lowest BCUT2D eigenvalue weighted by Crippen LogP contribution is -2.23. The molecule has 0 aromatic carbocycles. The van der Waals surface area contributed by atoms with Crippen molar-refractivity contribution in [2.24, 2.45) is 0 Å². The molecule has 1 aliphatic rings. The van der Waals surface area contributed by atoms with Gasteiger partial charge in [0.05, 0.1) is 0 Å². The summed E-state index contributed by atoms with van der Waals surface area (Å²) in [6, 6.07) is 1.32. The number of nitrogens with zero attached hydrogens (tertiary/aromatic N) is 2. The third-order valence-electron chi connectivity index (χ3n) is 2.03. The minimum atomic E-state index is -0.488. The minimum Gasteiger partial charge on any atom is -0.369 e. The quantitative estimate of drug-likeness (QED) is 0.823. The Bertz CT molecular complexity index is 318. The Morgan fingerprint density at radius 2 is 2.40 bits per heavy atom. The van der Waals surface area contributed by atoms with E-state index >= 15 is 0 Å². The van der Waals surface area contributed by atoms with Gasteiger partial charge in [0, 0.05) is 35.1 Å². The second-order valence-corrected chi connectivity index (χ2v) is 5.73. The molecule has 0 aliphatic carbocycles. The van der Waals surface area contributed by atoms with Crippen LogP contribution in [0.4, 0.5) is 10.2 Å². The maximum atomic E-state index is 12.7. The van der Waals surface area contributed by atoms with Gasteiger partial charge in [0.15, 0.2) is 0 Å². The molecule has 0 radical (unpaired) electrons. The molecule has 0 spiro atoms. The Balaban J connectivity index is 1.81. The van der Waals surface area contributed by atoms with E-state index in [1.165, 1.54) is 23.9 Å². The van der Waals surface area contributed by atoms with E-state index in [0.29, 0.717) is 11.1 Å². The van der Waals surface area contributed by atoms with Crippen LogP contribution in [0.5, 0.6) is 0 Å². The predicted molar refractivity (Wildman–Crippen MR) is 64.1 cm³/mol. The Kier molecular flexibility index (Phi) is 4.08. The van der Waals surface area contributed by atoms with Crippen LogP contribution >= 0.6 is 23.5 Å². The van der Waals surface area contributed by atoms with E-state index in [9.17, 15) is 4.39 Å². The van der Waals surface area contributed by atoms with Gasteiger partial charge in [-0.15, -0.1) is 0 Å². The van der Waals surface area contributed by atoms with Gasteiger partial charge in [0.1, 0.15) is 12.1 Å². The van der Waals surface area contributed by atoms with Crippen molar-refractivity contribution < 1.29 is 4.39 Å². The summed E-state index contributed by atoms with van der Waals surface area (Å²) < 4.78 is 12.7. The van der Waals surface area contributed by atoms with Crippen molar-refractivity contribution >= 4 is 29.3 Å². The van der Waals surface area contributed by atoms with Gasteiger partial charge in [-0.2, -0.15) is 27.9 Å². The van der Waals surface area contributed by atoms with E-state index in [1.807, 2.05) is 23.5 Å². The Morgan fingerprint density at radius 3 is 3.13 bits per heavy atom. The van der Waals surface area contributed by atoms with Gasteiger partial charge in [0.25, 0.3) is 0 Å². The van der Waals surface area contributed by atoms with Crippen molar-refractivity contribution in [2.45, 2.75) is 5.25 Å². The highest BCUT2D eigenvalue weighted by atomic mass is 32.2. The van der Waals surface area contributed by atoms with Crippen molar-refractivity contribution in [3.63, 3.8) is 0 Å². The second-order valence-electron chi connectivity index (χ2n) is 3.17. The topological polar surface area (TPSA) is 37.8 Å². The normalized spacial score (nSPS) is 21.3. The molecule has 0 bridgehead atoms. The molecule has 1 aliphatic heterocycles. The summed E-state index contributed by atoms with van der Waals surface area (Å²) in [6.07, 6.45) is 1.24. The molecule has 0 amide bonds. The summed E-state index contributed by atoms with van der Waals surface area (Å²) >= 11 is 3.94. The van der Waals surface area contributed by atoms with Crippen molar-refractivity contribution in [3.05, 3.63) is 18.3 Å². The number of anilines is 1. The molecule has 1 atom stereocenters. The van der Waals surface area contributed by atoms with Gasteiger partial charge in [-0.1, -0.05) is 0 Å². The van der Waals surface area contributed by atoms with Crippen molar-refractivity contribution in [2.75, 3.05) is 29.1 Å². The van der Waals surface area contributed by atoms with Crippen LogP contribution in [0.1, 0.15) is 0 Å². The van der Waals surface area contributed by atoms with Crippen molar-refractivity contribution in [1.29, 1.82) is 0 Å². The van der Waals surface area contributed by atoms with E-state index in [1.54, 1.807) is 0 Å². The lowest BCUT2D eigenvalue weighted by Gasteiger charge is -2.21. The summed E-state index contributed by atoms with van der Waals surface area (Å²) in [4.78, 5) is 7.35. The molecule has 15 heavy (non-hydrogen) atoms. The fraction of sp³-hybridized carbons (Fsp3) is 0.556. The Hall–Kier alpha value is -0.490. The van der Waals surface area contributed by atoms with Crippen molar-refractivity contribution in [1.82, 2.24) is 9.97 Å². The average Bonchev–Trinajstić information content (AvgIpc) is 2.28. The number of halogens is 1. The molecule has 1 aromatic heterocycles. The summed E-state index contributed by atoms with van der Waals surface area (Å²) in [5.41, 5.74) is 0. The molecule has 0 saturated carbocycles. The van der Waals surface area contributed by atoms with E-state index < -0.39 is 5.95 Å². The zero-order chi connectivity index (χ0) is 10.5. The third-order valence-corrected chi connectivity index (χ3v) is 4.87. The van der Waals surface area contributed by atoms with Gasteiger partial charge in [-0.3, -0.25) is 0 Å². The van der Waals surface area contributed by atoms with Crippen LogP contribution in [-0.4, -0.2) is 39.0 Å². The molecule has 1 saturated heterocycles. The average molecular weight is 245 g/mol. The summed E-state index contributed by atoms with van der Waals surface area (Å²) in [5.74, 6) is 3.68. The van der Waals surface area contributed by atoms with Crippen LogP contribution < -0.4 is 5.32 Å². The third kappa shape index (κ3) is 3.53. The largest absolute Gasteiger partial charge is 0.369 e. The van der Waals surface area contributed by atoms with Crippen LogP contribution in [0.3, 0.4) is 0 Å². The number of nitrogens with one attached hydrogen (secondary N) is 1. The van der Waals surface area contributed by atoms with Crippen LogP contribution in [0.25, 0.3) is 0 Å². The number of rotatable bonds is 3.